The van der Waals surface area contributed by atoms with Crippen molar-refractivity contribution in [2.75, 3.05) is 20.6 Å². The number of halogens is 2. The van der Waals surface area contributed by atoms with E-state index < -0.39 is 0 Å². The minimum absolute atomic E-state index is 0.216. The molecule has 0 saturated heterocycles. The van der Waals surface area contributed by atoms with Crippen LogP contribution in [0.2, 0.25) is 5.02 Å². The van der Waals surface area contributed by atoms with Crippen LogP contribution in [0, 0.1) is 0 Å². The first-order valence-corrected chi connectivity index (χ1v) is 8.92. The Morgan fingerprint density at radius 3 is 2.67 bits per heavy atom. The summed E-state index contributed by atoms with van der Waals surface area (Å²) in [5.74, 6) is 0. The lowest BCUT2D eigenvalue weighted by Gasteiger charge is -2.26. The number of likely N-dealkylation sites (N-methyl/N-ethyl adjacent to an activating group) is 1. The van der Waals surface area contributed by atoms with Gasteiger partial charge in [0.15, 0.2) is 0 Å². The highest BCUT2D eigenvalue weighted by atomic mass is 79.9. The maximum Gasteiger partial charge on any atom is 0.0561 e. The zero-order valence-electron chi connectivity index (χ0n) is 12.4. The summed E-state index contributed by atoms with van der Waals surface area (Å²) in [5, 5.41) is 6.51. The zero-order valence-corrected chi connectivity index (χ0v) is 15.6. The van der Waals surface area contributed by atoms with Crippen molar-refractivity contribution in [3.8, 4) is 0 Å². The normalized spacial score (nSPS) is 14.4. The molecule has 1 heterocycles. The number of nitrogens with one attached hydrogen (secondary N) is 1. The van der Waals surface area contributed by atoms with Crippen LogP contribution in [0.25, 0.3) is 0 Å². The quantitative estimate of drug-likeness (QED) is 0.740. The van der Waals surface area contributed by atoms with E-state index >= 15 is 0 Å². The molecule has 0 fully saturated rings. The van der Waals surface area contributed by atoms with E-state index in [0.717, 1.165) is 21.6 Å². The lowest BCUT2D eigenvalue weighted by atomic mass is 10.1. The van der Waals surface area contributed by atoms with E-state index in [9.17, 15) is 0 Å². The zero-order chi connectivity index (χ0) is 15.4. The number of rotatable bonds is 6. The SMILES string of the molecule is CC(NCC(c1cccs1)N(C)C)c1ccc(Br)cc1Cl. The summed E-state index contributed by atoms with van der Waals surface area (Å²) < 4.78 is 1.01. The Bertz CT molecular complexity index is 572. The molecular weight excluding hydrogens is 368 g/mol. The molecule has 0 aliphatic rings. The van der Waals surface area contributed by atoms with E-state index in [0.29, 0.717) is 6.04 Å². The van der Waals surface area contributed by atoms with E-state index in [4.69, 9.17) is 11.6 Å². The van der Waals surface area contributed by atoms with Crippen molar-refractivity contribution >= 4 is 38.9 Å². The molecule has 2 unspecified atom stereocenters. The lowest BCUT2D eigenvalue weighted by molar-refractivity contribution is 0.285. The maximum absolute atomic E-state index is 6.32. The molecule has 2 aromatic rings. The molecule has 114 valence electrons. The van der Waals surface area contributed by atoms with Crippen molar-refractivity contribution in [2.24, 2.45) is 0 Å². The van der Waals surface area contributed by atoms with Gasteiger partial charge < -0.3 is 10.2 Å². The molecular formula is C16H20BrClN2S. The van der Waals surface area contributed by atoms with Gasteiger partial charge >= 0.3 is 0 Å². The van der Waals surface area contributed by atoms with E-state index in [-0.39, 0.29) is 6.04 Å². The van der Waals surface area contributed by atoms with Gasteiger partial charge in [-0.2, -0.15) is 0 Å². The largest absolute Gasteiger partial charge is 0.308 e. The Morgan fingerprint density at radius 2 is 2.10 bits per heavy atom. The molecule has 2 nitrogen and oxygen atoms in total. The summed E-state index contributed by atoms with van der Waals surface area (Å²) in [6.45, 7) is 3.04. The molecule has 0 amide bonds. The second kappa shape index (κ2) is 7.75. The van der Waals surface area contributed by atoms with Crippen LogP contribution in [0.3, 0.4) is 0 Å². The summed E-state index contributed by atoms with van der Waals surface area (Å²) in [7, 11) is 4.23. The fourth-order valence-corrected chi connectivity index (χ4v) is 4.03. The fourth-order valence-electron chi connectivity index (χ4n) is 2.27. The molecule has 21 heavy (non-hydrogen) atoms. The van der Waals surface area contributed by atoms with Gasteiger partial charge in [-0.25, -0.2) is 0 Å². The van der Waals surface area contributed by atoms with Crippen LogP contribution in [-0.2, 0) is 0 Å². The van der Waals surface area contributed by atoms with Crippen LogP contribution in [0.15, 0.2) is 40.2 Å². The second-order valence-corrected chi connectivity index (χ2v) is 7.59. The molecule has 0 bridgehead atoms. The van der Waals surface area contributed by atoms with E-state index in [1.807, 2.05) is 12.1 Å². The first-order valence-electron chi connectivity index (χ1n) is 6.87. The molecule has 5 heteroatoms. The van der Waals surface area contributed by atoms with Crippen LogP contribution in [0.5, 0.6) is 0 Å². The Morgan fingerprint density at radius 1 is 1.33 bits per heavy atom. The van der Waals surface area contributed by atoms with Gasteiger partial charge in [0.25, 0.3) is 0 Å². The Kier molecular flexibility index (Phi) is 6.26. The molecule has 2 atom stereocenters. The minimum Gasteiger partial charge on any atom is -0.308 e. The highest BCUT2D eigenvalue weighted by Gasteiger charge is 2.17. The molecule has 2 rings (SSSR count). The van der Waals surface area contributed by atoms with Crippen LogP contribution < -0.4 is 5.32 Å². The topological polar surface area (TPSA) is 15.3 Å². The molecule has 1 N–H and O–H groups in total. The van der Waals surface area contributed by atoms with E-state index in [1.54, 1.807) is 11.3 Å². The maximum atomic E-state index is 6.32. The minimum atomic E-state index is 0.216. The monoisotopic (exact) mass is 386 g/mol. The molecule has 0 aliphatic heterocycles. The highest BCUT2D eigenvalue weighted by molar-refractivity contribution is 9.10. The molecule has 0 saturated carbocycles. The van der Waals surface area contributed by atoms with Gasteiger partial charge in [0.1, 0.15) is 0 Å². The standard InChI is InChI=1S/C16H20BrClN2S/c1-11(13-7-6-12(17)9-14(13)18)19-10-15(20(2)3)16-5-4-8-21-16/h4-9,11,15,19H,10H2,1-3H3. The van der Waals surface area contributed by atoms with Gasteiger partial charge in [-0.15, -0.1) is 11.3 Å². The molecule has 0 spiro atoms. The predicted octanol–water partition coefficient (Wildman–Crippen LogP) is 5.12. The Balaban J connectivity index is 2.03. The summed E-state index contributed by atoms with van der Waals surface area (Å²) in [6.07, 6.45) is 0. The molecule has 0 aliphatic carbocycles. The van der Waals surface area contributed by atoms with Crippen LogP contribution in [0.4, 0.5) is 0 Å². The first kappa shape index (κ1) is 17.0. The summed E-state index contributed by atoms with van der Waals surface area (Å²) in [6, 6.07) is 10.9. The van der Waals surface area contributed by atoms with Crippen molar-refractivity contribution in [1.29, 1.82) is 0 Å². The number of hydrogen-bond donors (Lipinski definition) is 1. The number of nitrogens with zero attached hydrogens (tertiary/aromatic N) is 1. The van der Waals surface area contributed by atoms with Gasteiger partial charge in [-0.3, -0.25) is 0 Å². The van der Waals surface area contributed by atoms with Gasteiger partial charge in [0, 0.05) is 27.0 Å². The lowest BCUT2D eigenvalue weighted by Crippen LogP contribution is -2.32. The van der Waals surface area contributed by atoms with Gasteiger partial charge in [-0.1, -0.05) is 39.7 Å². The molecule has 1 aromatic carbocycles. The molecule has 0 radical (unpaired) electrons. The Hall–Kier alpha value is -0.390. The number of benzene rings is 1. The van der Waals surface area contributed by atoms with Gasteiger partial charge in [0.05, 0.1) is 6.04 Å². The van der Waals surface area contributed by atoms with Crippen molar-refractivity contribution in [1.82, 2.24) is 10.2 Å². The van der Waals surface area contributed by atoms with Crippen LogP contribution >= 0.6 is 38.9 Å². The third-order valence-corrected chi connectivity index (χ3v) is 5.34. The number of thiophene rings is 1. The van der Waals surface area contributed by atoms with Crippen molar-refractivity contribution < 1.29 is 0 Å². The smallest absolute Gasteiger partial charge is 0.0561 e. The third kappa shape index (κ3) is 4.54. The summed E-state index contributed by atoms with van der Waals surface area (Å²) in [4.78, 5) is 3.62. The van der Waals surface area contributed by atoms with E-state index in [2.05, 4.69) is 70.7 Å². The summed E-state index contributed by atoms with van der Waals surface area (Å²) in [5.41, 5.74) is 1.13. The first-order chi connectivity index (χ1) is 9.99. The second-order valence-electron chi connectivity index (χ2n) is 5.29. The number of hydrogen-bond acceptors (Lipinski definition) is 3. The van der Waals surface area contributed by atoms with Gasteiger partial charge in [0.2, 0.25) is 0 Å². The summed E-state index contributed by atoms with van der Waals surface area (Å²) >= 11 is 11.6. The fraction of sp³-hybridized carbons (Fsp3) is 0.375. The Labute approximate surface area is 144 Å². The predicted molar refractivity (Wildman–Crippen MR) is 96.3 cm³/mol. The third-order valence-electron chi connectivity index (χ3n) is 3.54. The van der Waals surface area contributed by atoms with Crippen LogP contribution in [0.1, 0.15) is 29.4 Å². The highest BCUT2D eigenvalue weighted by Crippen LogP contribution is 2.28. The van der Waals surface area contributed by atoms with Crippen molar-refractivity contribution in [3.05, 3.63) is 55.6 Å². The van der Waals surface area contributed by atoms with Crippen LogP contribution in [-0.4, -0.2) is 25.5 Å². The average molecular weight is 388 g/mol. The van der Waals surface area contributed by atoms with Gasteiger partial charge in [-0.05, 0) is 50.2 Å². The van der Waals surface area contributed by atoms with E-state index in [1.165, 1.54) is 4.88 Å². The molecule has 1 aromatic heterocycles. The van der Waals surface area contributed by atoms with Crippen molar-refractivity contribution in [2.45, 2.75) is 19.0 Å². The average Bonchev–Trinajstić information content (AvgIpc) is 2.92. The van der Waals surface area contributed by atoms with Crippen molar-refractivity contribution in [3.63, 3.8) is 0 Å².